The van der Waals surface area contributed by atoms with Crippen molar-refractivity contribution in [1.82, 2.24) is 0 Å². The van der Waals surface area contributed by atoms with Gasteiger partial charge >= 0.3 is 0 Å². The predicted molar refractivity (Wildman–Crippen MR) is 90.9 cm³/mol. The van der Waals surface area contributed by atoms with E-state index < -0.39 is 0 Å². The van der Waals surface area contributed by atoms with Crippen molar-refractivity contribution in [3.05, 3.63) is 95.6 Å². The first-order valence-electron chi connectivity index (χ1n) is 7.37. The van der Waals surface area contributed by atoms with Crippen LogP contribution in [0, 0.1) is 6.92 Å². The first kappa shape index (κ1) is 14.2. The van der Waals surface area contributed by atoms with Crippen molar-refractivity contribution < 1.29 is 4.74 Å². The molecule has 2 heteroatoms. The van der Waals surface area contributed by atoms with Crippen LogP contribution in [0.25, 0.3) is 0 Å². The normalized spacial score (nSPS) is 10.6. The third kappa shape index (κ3) is 3.12. The highest BCUT2D eigenvalue weighted by Gasteiger charge is 2.15. The molecule has 0 heterocycles. The summed E-state index contributed by atoms with van der Waals surface area (Å²) in [4.78, 5) is 0. The Morgan fingerprint density at radius 3 is 1.82 bits per heavy atom. The largest absolute Gasteiger partial charge is 0.481 e. The van der Waals surface area contributed by atoms with Gasteiger partial charge in [0.1, 0.15) is 11.9 Å². The summed E-state index contributed by atoms with van der Waals surface area (Å²) in [6, 6.07) is 26.3. The summed E-state index contributed by atoms with van der Waals surface area (Å²) in [5, 5.41) is 0. The summed E-state index contributed by atoms with van der Waals surface area (Å²) in [5.74, 6) is 0.824. The molecule has 0 spiro atoms. The lowest BCUT2D eigenvalue weighted by Gasteiger charge is -2.20. The van der Waals surface area contributed by atoms with Crippen LogP contribution in [0.1, 0.15) is 22.8 Å². The van der Waals surface area contributed by atoms with Crippen molar-refractivity contribution in [3.63, 3.8) is 0 Å². The van der Waals surface area contributed by atoms with E-state index in [0.717, 1.165) is 28.1 Å². The zero-order valence-electron chi connectivity index (χ0n) is 12.6. The Bertz CT molecular complexity index is 699. The van der Waals surface area contributed by atoms with E-state index >= 15 is 0 Å². The van der Waals surface area contributed by atoms with Crippen LogP contribution in [0.15, 0.2) is 78.9 Å². The minimum atomic E-state index is -0.134. The van der Waals surface area contributed by atoms with Gasteiger partial charge in [-0.15, -0.1) is 0 Å². The molecule has 0 saturated carbocycles. The van der Waals surface area contributed by atoms with Gasteiger partial charge in [0, 0.05) is 5.69 Å². The summed E-state index contributed by atoms with van der Waals surface area (Å²) < 4.78 is 6.27. The van der Waals surface area contributed by atoms with Crippen molar-refractivity contribution in [3.8, 4) is 5.75 Å². The lowest BCUT2D eigenvalue weighted by Crippen LogP contribution is -2.09. The first-order valence-corrected chi connectivity index (χ1v) is 7.37. The molecule has 0 aliphatic rings. The third-order valence-electron chi connectivity index (χ3n) is 3.70. The van der Waals surface area contributed by atoms with E-state index in [1.165, 1.54) is 0 Å². The second kappa shape index (κ2) is 6.35. The van der Waals surface area contributed by atoms with Gasteiger partial charge in [-0.05, 0) is 41.8 Å². The molecule has 110 valence electrons. The number of benzene rings is 3. The fourth-order valence-electron chi connectivity index (χ4n) is 2.44. The molecule has 0 unspecified atom stereocenters. The minimum Gasteiger partial charge on any atom is -0.481 e. The lowest BCUT2D eigenvalue weighted by atomic mass is 10.0. The Labute approximate surface area is 131 Å². The smallest absolute Gasteiger partial charge is 0.149 e. The summed E-state index contributed by atoms with van der Waals surface area (Å²) in [6.45, 7) is 1.99. The standard InChI is InChI=1S/C20H19NO/c1-15-14-18(12-13-19(15)21)22-20(16-8-4-2-5-9-16)17-10-6-3-7-11-17/h2-14,20H,21H2,1H3. The number of hydrogen-bond acceptors (Lipinski definition) is 2. The molecule has 0 bridgehead atoms. The molecule has 0 atom stereocenters. The van der Waals surface area contributed by atoms with E-state index in [4.69, 9.17) is 10.5 Å². The third-order valence-corrected chi connectivity index (χ3v) is 3.70. The Balaban J connectivity index is 1.97. The molecule has 0 aromatic heterocycles. The number of ether oxygens (including phenoxy) is 1. The Morgan fingerprint density at radius 2 is 1.32 bits per heavy atom. The molecule has 0 aliphatic heterocycles. The highest BCUT2D eigenvalue weighted by molar-refractivity contribution is 5.50. The fraction of sp³-hybridized carbons (Fsp3) is 0.100. The molecule has 0 radical (unpaired) electrons. The number of anilines is 1. The highest BCUT2D eigenvalue weighted by Crippen LogP contribution is 2.29. The number of rotatable bonds is 4. The Hall–Kier alpha value is -2.74. The van der Waals surface area contributed by atoms with Gasteiger partial charge in [0.2, 0.25) is 0 Å². The zero-order valence-corrected chi connectivity index (χ0v) is 12.6. The van der Waals surface area contributed by atoms with Crippen LogP contribution >= 0.6 is 0 Å². The highest BCUT2D eigenvalue weighted by atomic mass is 16.5. The van der Waals surface area contributed by atoms with Crippen LogP contribution in [0.5, 0.6) is 5.75 Å². The van der Waals surface area contributed by atoms with Gasteiger partial charge in [0.25, 0.3) is 0 Å². The SMILES string of the molecule is Cc1cc(OC(c2ccccc2)c2ccccc2)ccc1N. The van der Waals surface area contributed by atoms with Crippen molar-refractivity contribution >= 4 is 5.69 Å². The number of nitrogen functional groups attached to an aromatic ring is 1. The van der Waals surface area contributed by atoms with E-state index in [1.54, 1.807) is 0 Å². The summed E-state index contributed by atoms with van der Waals surface area (Å²) in [7, 11) is 0. The molecule has 0 fully saturated rings. The summed E-state index contributed by atoms with van der Waals surface area (Å²) in [6.07, 6.45) is -0.134. The predicted octanol–water partition coefficient (Wildman–Crippen LogP) is 4.75. The molecule has 22 heavy (non-hydrogen) atoms. The molecule has 0 saturated heterocycles. The topological polar surface area (TPSA) is 35.2 Å². The van der Waals surface area contributed by atoms with Crippen LogP contribution in [0.3, 0.4) is 0 Å². The van der Waals surface area contributed by atoms with E-state index in [1.807, 2.05) is 61.5 Å². The second-order valence-corrected chi connectivity index (χ2v) is 5.34. The van der Waals surface area contributed by atoms with Gasteiger partial charge in [0.15, 0.2) is 0 Å². The van der Waals surface area contributed by atoms with Crippen LogP contribution in [-0.4, -0.2) is 0 Å². The molecular formula is C20H19NO. The summed E-state index contributed by atoms with van der Waals surface area (Å²) >= 11 is 0. The second-order valence-electron chi connectivity index (χ2n) is 5.34. The molecule has 0 amide bonds. The van der Waals surface area contributed by atoms with E-state index in [2.05, 4.69) is 24.3 Å². The van der Waals surface area contributed by atoms with Crippen LogP contribution in [0.4, 0.5) is 5.69 Å². The van der Waals surface area contributed by atoms with Gasteiger partial charge in [-0.1, -0.05) is 60.7 Å². The van der Waals surface area contributed by atoms with E-state index in [0.29, 0.717) is 0 Å². The molecule has 3 aromatic rings. The van der Waals surface area contributed by atoms with E-state index in [9.17, 15) is 0 Å². The quantitative estimate of drug-likeness (QED) is 0.704. The van der Waals surface area contributed by atoms with Gasteiger partial charge in [0.05, 0.1) is 0 Å². The van der Waals surface area contributed by atoms with Crippen molar-refractivity contribution in [1.29, 1.82) is 0 Å². The fourth-order valence-corrected chi connectivity index (χ4v) is 2.44. The molecule has 2 N–H and O–H groups in total. The average Bonchev–Trinajstić information content (AvgIpc) is 2.57. The van der Waals surface area contributed by atoms with Gasteiger partial charge in [-0.2, -0.15) is 0 Å². The minimum absolute atomic E-state index is 0.134. The molecule has 0 aliphatic carbocycles. The monoisotopic (exact) mass is 289 g/mol. The van der Waals surface area contributed by atoms with Gasteiger partial charge in [-0.25, -0.2) is 0 Å². The average molecular weight is 289 g/mol. The maximum absolute atomic E-state index is 6.27. The Morgan fingerprint density at radius 1 is 0.773 bits per heavy atom. The molecule has 3 rings (SSSR count). The van der Waals surface area contributed by atoms with Crippen LogP contribution in [0.2, 0.25) is 0 Å². The van der Waals surface area contributed by atoms with Gasteiger partial charge in [-0.3, -0.25) is 0 Å². The molecular weight excluding hydrogens is 270 g/mol. The van der Waals surface area contributed by atoms with E-state index in [-0.39, 0.29) is 6.10 Å². The lowest BCUT2D eigenvalue weighted by molar-refractivity contribution is 0.247. The summed E-state index contributed by atoms with van der Waals surface area (Å²) in [5.41, 5.74) is 9.95. The van der Waals surface area contributed by atoms with Crippen molar-refractivity contribution in [2.75, 3.05) is 5.73 Å². The van der Waals surface area contributed by atoms with Crippen molar-refractivity contribution in [2.45, 2.75) is 13.0 Å². The van der Waals surface area contributed by atoms with Crippen LogP contribution < -0.4 is 10.5 Å². The van der Waals surface area contributed by atoms with Crippen LogP contribution in [-0.2, 0) is 0 Å². The zero-order chi connectivity index (χ0) is 15.4. The first-order chi connectivity index (χ1) is 10.7. The molecule has 3 aromatic carbocycles. The maximum atomic E-state index is 6.27. The number of hydrogen-bond donors (Lipinski definition) is 1. The molecule has 2 nitrogen and oxygen atoms in total. The number of nitrogens with two attached hydrogens (primary N) is 1. The number of aryl methyl sites for hydroxylation is 1. The van der Waals surface area contributed by atoms with Crippen molar-refractivity contribution in [2.24, 2.45) is 0 Å². The Kier molecular flexibility index (Phi) is 4.10. The maximum Gasteiger partial charge on any atom is 0.149 e. The van der Waals surface area contributed by atoms with Gasteiger partial charge < -0.3 is 10.5 Å².